The molecule has 0 bridgehead atoms. The summed E-state index contributed by atoms with van der Waals surface area (Å²) in [7, 11) is 3.49. The van der Waals surface area contributed by atoms with Crippen LogP contribution in [0, 0.1) is 19.7 Å². The summed E-state index contributed by atoms with van der Waals surface area (Å²) in [6.45, 7) is 3.72. The standard InChI is InChI=1S/C17H17FN2O/c1-10-7-12(8-15(18)11(10)2)13-5-6-16(21-4)17-14(13)9-20(3)19-17/h5-9H,1-4H3. The van der Waals surface area contributed by atoms with Gasteiger partial charge in [-0.25, -0.2) is 4.39 Å². The number of hydrogen-bond donors (Lipinski definition) is 0. The number of rotatable bonds is 2. The number of ether oxygens (including phenoxy) is 1. The number of fused-ring (bicyclic) bond motifs is 1. The van der Waals surface area contributed by atoms with E-state index in [0.717, 1.165) is 33.3 Å². The Morgan fingerprint density at radius 2 is 1.95 bits per heavy atom. The largest absolute Gasteiger partial charge is 0.494 e. The summed E-state index contributed by atoms with van der Waals surface area (Å²) in [6, 6.07) is 7.41. The summed E-state index contributed by atoms with van der Waals surface area (Å²) < 4.78 is 21.1. The Balaban J connectivity index is 2.31. The van der Waals surface area contributed by atoms with Gasteiger partial charge in [0.25, 0.3) is 0 Å². The van der Waals surface area contributed by atoms with Crippen molar-refractivity contribution in [2.24, 2.45) is 7.05 Å². The summed E-state index contributed by atoms with van der Waals surface area (Å²) in [5.41, 5.74) is 4.24. The summed E-state index contributed by atoms with van der Waals surface area (Å²) in [5, 5.41) is 5.39. The van der Waals surface area contributed by atoms with Crippen LogP contribution in [0.1, 0.15) is 11.1 Å². The molecular formula is C17H17FN2O. The number of nitrogens with zero attached hydrogens (tertiary/aromatic N) is 2. The third-order valence-corrected chi connectivity index (χ3v) is 3.89. The lowest BCUT2D eigenvalue weighted by Crippen LogP contribution is -1.91. The Hall–Kier alpha value is -2.36. The van der Waals surface area contributed by atoms with Crippen LogP contribution in [0.4, 0.5) is 4.39 Å². The van der Waals surface area contributed by atoms with E-state index in [9.17, 15) is 4.39 Å². The first-order chi connectivity index (χ1) is 10.0. The second-order valence-corrected chi connectivity index (χ2v) is 5.28. The molecule has 0 aliphatic rings. The van der Waals surface area contributed by atoms with Crippen LogP contribution >= 0.6 is 0 Å². The van der Waals surface area contributed by atoms with Crippen LogP contribution < -0.4 is 4.74 Å². The zero-order valence-electron chi connectivity index (χ0n) is 12.6. The fourth-order valence-corrected chi connectivity index (χ4v) is 2.58. The molecule has 2 aromatic carbocycles. The lowest BCUT2D eigenvalue weighted by Gasteiger charge is -2.09. The first-order valence-corrected chi connectivity index (χ1v) is 6.78. The van der Waals surface area contributed by atoms with Gasteiger partial charge in [0, 0.05) is 18.6 Å². The first kappa shape index (κ1) is 13.6. The number of aryl methyl sites for hydroxylation is 2. The topological polar surface area (TPSA) is 27.1 Å². The van der Waals surface area contributed by atoms with E-state index in [1.165, 1.54) is 0 Å². The van der Waals surface area contributed by atoms with Crippen molar-refractivity contribution in [3.63, 3.8) is 0 Å². The highest BCUT2D eigenvalue weighted by atomic mass is 19.1. The number of benzene rings is 2. The van der Waals surface area contributed by atoms with Crippen molar-refractivity contribution < 1.29 is 9.13 Å². The predicted octanol–water partition coefficient (Wildman–Crippen LogP) is 4.00. The molecular weight excluding hydrogens is 267 g/mol. The van der Waals surface area contributed by atoms with Gasteiger partial charge in [-0.1, -0.05) is 6.07 Å². The summed E-state index contributed by atoms with van der Waals surface area (Å²) in [6.07, 6.45) is 1.93. The maximum Gasteiger partial charge on any atom is 0.147 e. The van der Waals surface area contributed by atoms with Crippen molar-refractivity contribution in [1.29, 1.82) is 0 Å². The van der Waals surface area contributed by atoms with Gasteiger partial charge in [0.05, 0.1) is 7.11 Å². The monoisotopic (exact) mass is 284 g/mol. The first-order valence-electron chi connectivity index (χ1n) is 6.78. The fourth-order valence-electron chi connectivity index (χ4n) is 2.58. The van der Waals surface area contributed by atoms with E-state index in [1.807, 2.05) is 38.4 Å². The number of methoxy groups -OCH3 is 1. The van der Waals surface area contributed by atoms with Crippen molar-refractivity contribution in [3.8, 4) is 16.9 Å². The SMILES string of the molecule is COc1ccc(-c2cc(C)c(C)c(F)c2)c2cn(C)nc12. The van der Waals surface area contributed by atoms with E-state index in [0.29, 0.717) is 5.56 Å². The third kappa shape index (κ3) is 2.17. The third-order valence-electron chi connectivity index (χ3n) is 3.89. The molecule has 1 heterocycles. The average molecular weight is 284 g/mol. The minimum absolute atomic E-state index is 0.183. The van der Waals surface area contributed by atoms with Crippen molar-refractivity contribution >= 4 is 10.9 Å². The quantitative estimate of drug-likeness (QED) is 0.711. The highest BCUT2D eigenvalue weighted by Crippen LogP contribution is 2.34. The molecule has 3 nitrogen and oxygen atoms in total. The molecule has 4 heteroatoms. The van der Waals surface area contributed by atoms with Crippen molar-refractivity contribution in [3.05, 3.63) is 47.4 Å². The smallest absolute Gasteiger partial charge is 0.147 e. The summed E-state index contributed by atoms with van der Waals surface area (Å²) in [4.78, 5) is 0. The van der Waals surface area contributed by atoms with E-state index in [1.54, 1.807) is 24.8 Å². The van der Waals surface area contributed by atoms with Crippen LogP contribution in [0.25, 0.3) is 22.0 Å². The van der Waals surface area contributed by atoms with Gasteiger partial charge in [0.1, 0.15) is 17.1 Å². The highest BCUT2D eigenvalue weighted by Gasteiger charge is 2.13. The van der Waals surface area contributed by atoms with E-state index < -0.39 is 0 Å². The van der Waals surface area contributed by atoms with Gasteiger partial charge in [0.15, 0.2) is 0 Å². The van der Waals surface area contributed by atoms with Gasteiger partial charge in [0.2, 0.25) is 0 Å². The van der Waals surface area contributed by atoms with Gasteiger partial charge in [-0.05, 0) is 54.3 Å². The zero-order chi connectivity index (χ0) is 15.1. The Labute approximate surface area is 123 Å². The van der Waals surface area contributed by atoms with E-state index in [4.69, 9.17) is 4.74 Å². The molecule has 0 fully saturated rings. The van der Waals surface area contributed by atoms with Crippen molar-refractivity contribution in [2.45, 2.75) is 13.8 Å². The van der Waals surface area contributed by atoms with Crippen LogP contribution in [-0.2, 0) is 7.05 Å². The molecule has 0 atom stereocenters. The van der Waals surface area contributed by atoms with E-state index >= 15 is 0 Å². The minimum atomic E-state index is -0.183. The normalized spacial score (nSPS) is 11.1. The van der Waals surface area contributed by atoms with Gasteiger partial charge >= 0.3 is 0 Å². The van der Waals surface area contributed by atoms with Gasteiger partial charge in [-0.3, -0.25) is 4.68 Å². The Morgan fingerprint density at radius 1 is 1.19 bits per heavy atom. The Bertz CT molecular complexity index is 813. The molecule has 0 amide bonds. The molecule has 0 radical (unpaired) electrons. The summed E-state index contributed by atoms with van der Waals surface area (Å²) in [5.74, 6) is 0.538. The number of hydrogen-bond acceptors (Lipinski definition) is 2. The maximum absolute atomic E-state index is 14.0. The fraction of sp³-hybridized carbons (Fsp3) is 0.235. The highest BCUT2D eigenvalue weighted by molar-refractivity contribution is 5.97. The number of aromatic nitrogens is 2. The second-order valence-electron chi connectivity index (χ2n) is 5.28. The van der Waals surface area contributed by atoms with Crippen LogP contribution in [0.5, 0.6) is 5.75 Å². The lowest BCUT2D eigenvalue weighted by molar-refractivity contribution is 0.418. The van der Waals surface area contributed by atoms with Gasteiger partial charge < -0.3 is 4.74 Å². The molecule has 0 unspecified atom stereocenters. The maximum atomic E-state index is 14.0. The molecule has 21 heavy (non-hydrogen) atoms. The predicted molar refractivity (Wildman–Crippen MR) is 82.1 cm³/mol. The van der Waals surface area contributed by atoms with Crippen LogP contribution in [0.3, 0.4) is 0 Å². The molecule has 0 saturated carbocycles. The summed E-state index contributed by atoms with van der Waals surface area (Å²) >= 11 is 0. The number of halogens is 1. The van der Waals surface area contributed by atoms with E-state index in [-0.39, 0.29) is 5.82 Å². The molecule has 1 aromatic heterocycles. The molecule has 0 N–H and O–H groups in total. The van der Waals surface area contributed by atoms with E-state index in [2.05, 4.69) is 5.10 Å². The van der Waals surface area contributed by atoms with Gasteiger partial charge in [-0.2, -0.15) is 5.10 Å². The lowest BCUT2D eigenvalue weighted by atomic mass is 9.97. The van der Waals surface area contributed by atoms with Crippen molar-refractivity contribution in [1.82, 2.24) is 9.78 Å². The molecule has 3 rings (SSSR count). The molecule has 0 spiro atoms. The zero-order valence-corrected chi connectivity index (χ0v) is 12.6. The minimum Gasteiger partial charge on any atom is -0.494 e. The molecule has 0 aliphatic carbocycles. The molecule has 0 aliphatic heterocycles. The van der Waals surface area contributed by atoms with Crippen LogP contribution in [-0.4, -0.2) is 16.9 Å². The molecule has 108 valence electrons. The van der Waals surface area contributed by atoms with Gasteiger partial charge in [-0.15, -0.1) is 0 Å². The van der Waals surface area contributed by atoms with Crippen LogP contribution in [0.2, 0.25) is 0 Å². The van der Waals surface area contributed by atoms with Crippen molar-refractivity contribution in [2.75, 3.05) is 7.11 Å². The van der Waals surface area contributed by atoms with Crippen LogP contribution in [0.15, 0.2) is 30.5 Å². The molecule has 3 aromatic rings. The Morgan fingerprint density at radius 3 is 2.62 bits per heavy atom. The molecule has 0 saturated heterocycles. The Kier molecular flexibility index (Phi) is 3.16. The average Bonchev–Trinajstić information content (AvgIpc) is 2.84. The second kappa shape index (κ2) is 4.88.